The molecule has 1 atom stereocenters. The topological polar surface area (TPSA) is 76.0 Å². The molecule has 0 spiro atoms. The number of aliphatic hydroxyl groups is 2. The van der Waals surface area contributed by atoms with Gasteiger partial charge in [0.2, 0.25) is 0 Å². The Labute approximate surface area is 95.5 Å². The molecule has 0 aliphatic rings. The minimum Gasteiger partial charge on any atom is -0.461 e. The van der Waals surface area contributed by atoms with Gasteiger partial charge in [-0.3, -0.25) is 0 Å². The number of ether oxygens (including phenoxy) is 2. The van der Waals surface area contributed by atoms with Crippen LogP contribution < -0.4 is 0 Å². The van der Waals surface area contributed by atoms with Gasteiger partial charge in [-0.2, -0.15) is 0 Å². The van der Waals surface area contributed by atoms with Gasteiger partial charge in [0, 0.05) is 0 Å². The second-order valence-corrected chi connectivity index (χ2v) is 4.43. The van der Waals surface area contributed by atoms with E-state index in [-0.39, 0.29) is 6.61 Å². The van der Waals surface area contributed by atoms with Gasteiger partial charge in [0.05, 0.1) is 6.61 Å². The number of halogens is 3. The summed E-state index contributed by atoms with van der Waals surface area (Å²) in [4.78, 5) is 10.8. The summed E-state index contributed by atoms with van der Waals surface area (Å²) in [6.07, 6.45) is -1.12. The Morgan fingerprint density at radius 2 is 2.00 bits per heavy atom. The molecule has 84 valence electrons. The molecule has 0 aromatic heterocycles. The molecular weight excluding hydrogens is 258 g/mol. The van der Waals surface area contributed by atoms with Crippen molar-refractivity contribution in [2.24, 2.45) is 0 Å². The molecule has 14 heavy (non-hydrogen) atoms. The molecule has 0 saturated heterocycles. The minimum absolute atomic E-state index is 0.335. The summed E-state index contributed by atoms with van der Waals surface area (Å²) in [5, 5.41) is 17.2. The molecule has 0 fully saturated rings. The highest BCUT2D eigenvalue weighted by Gasteiger charge is 2.22. The van der Waals surface area contributed by atoms with Crippen LogP contribution in [-0.2, 0) is 14.3 Å². The van der Waals surface area contributed by atoms with Crippen molar-refractivity contribution < 1.29 is 24.5 Å². The average molecular weight is 267 g/mol. The van der Waals surface area contributed by atoms with Gasteiger partial charge in [-0.15, -0.1) is 0 Å². The van der Waals surface area contributed by atoms with Gasteiger partial charge in [-0.1, -0.05) is 34.8 Å². The van der Waals surface area contributed by atoms with E-state index < -0.39 is 29.3 Å². The maximum Gasteiger partial charge on any atom is 0.332 e. The summed E-state index contributed by atoms with van der Waals surface area (Å²) in [5.74, 6) is -0.802. The van der Waals surface area contributed by atoms with Gasteiger partial charge in [0.1, 0.15) is 19.3 Å². The Bertz CT molecular complexity index is 181. The van der Waals surface area contributed by atoms with Gasteiger partial charge in [0.15, 0.2) is 0 Å². The van der Waals surface area contributed by atoms with E-state index in [1.165, 1.54) is 0 Å². The Kier molecular flexibility index (Phi) is 6.76. The van der Waals surface area contributed by atoms with Gasteiger partial charge in [-0.05, 0) is 0 Å². The van der Waals surface area contributed by atoms with E-state index in [0.29, 0.717) is 0 Å². The van der Waals surface area contributed by atoms with Gasteiger partial charge >= 0.3 is 5.97 Å². The highest BCUT2D eigenvalue weighted by molar-refractivity contribution is 6.66. The van der Waals surface area contributed by atoms with Gasteiger partial charge in [-0.25, -0.2) is 4.79 Å². The van der Waals surface area contributed by atoms with Crippen molar-refractivity contribution in [1.29, 1.82) is 0 Å². The lowest BCUT2D eigenvalue weighted by Crippen LogP contribution is -2.25. The second kappa shape index (κ2) is 6.66. The number of hydrogen-bond donors (Lipinski definition) is 2. The molecule has 0 aromatic rings. The number of carbonyl (C=O) groups excluding carboxylic acids is 1. The quantitative estimate of drug-likeness (QED) is 0.551. The lowest BCUT2D eigenvalue weighted by atomic mass is 10.4. The zero-order valence-electron chi connectivity index (χ0n) is 6.95. The van der Waals surface area contributed by atoms with Crippen molar-refractivity contribution >= 4 is 40.8 Å². The molecule has 1 unspecified atom stereocenters. The Hall–Kier alpha value is 0.220. The van der Waals surface area contributed by atoms with Gasteiger partial charge in [0.25, 0.3) is 3.98 Å². The van der Waals surface area contributed by atoms with Crippen LogP contribution in [0, 0.1) is 0 Å². The van der Waals surface area contributed by atoms with Crippen LogP contribution in [0.3, 0.4) is 0 Å². The number of aliphatic hydroxyl groups excluding tert-OH is 2. The smallest absolute Gasteiger partial charge is 0.332 e. The Morgan fingerprint density at radius 3 is 2.43 bits per heavy atom. The van der Waals surface area contributed by atoms with Crippen molar-refractivity contribution in [2.45, 2.75) is 10.1 Å². The molecule has 0 aliphatic heterocycles. The summed E-state index contributed by atoms with van der Waals surface area (Å²) in [6.45, 7) is -1.38. The number of alkyl halides is 3. The molecule has 0 bridgehead atoms. The summed E-state index contributed by atoms with van der Waals surface area (Å²) >= 11 is 15.5. The first-order valence-electron chi connectivity index (χ1n) is 3.50. The zero-order chi connectivity index (χ0) is 11.2. The van der Waals surface area contributed by atoms with Crippen LogP contribution in [-0.4, -0.2) is 46.1 Å². The van der Waals surface area contributed by atoms with Crippen LogP contribution in [0.2, 0.25) is 0 Å². The standard InChI is InChI=1S/C6H9Cl3O5/c7-6(8,9)14-3-5(12)13-2-4(11)1-10/h4,10-11H,1-3H2. The molecule has 5 nitrogen and oxygen atoms in total. The van der Waals surface area contributed by atoms with Crippen molar-refractivity contribution in [3.8, 4) is 0 Å². The van der Waals surface area contributed by atoms with Crippen molar-refractivity contribution in [2.75, 3.05) is 19.8 Å². The number of esters is 1. The highest BCUT2D eigenvalue weighted by Crippen LogP contribution is 2.26. The maximum atomic E-state index is 10.8. The number of rotatable bonds is 5. The Balaban J connectivity index is 3.57. The molecule has 2 N–H and O–H groups in total. The summed E-state index contributed by atoms with van der Waals surface area (Å²) < 4.78 is 6.90. The van der Waals surface area contributed by atoms with E-state index in [0.717, 1.165) is 0 Å². The third-order valence-electron chi connectivity index (χ3n) is 1.00. The van der Waals surface area contributed by atoms with Crippen LogP contribution in [0.15, 0.2) is 0 Å². The van der Waals surface area contributed by atoms with Crippen LogP contribution in [0.5, 0.6) is 0 Å². The SMILES string of the molecule is O=C(COC(Cl)(Cl)Cl)OCC(O)CO. The first-order valence-corrected chi connectivity index (χ1v) is 4.64. The first kappa shape index (κ1) is 14.2. The van der Waals surface area contributed by atoms with Gasteiger partial charge < -0.3 is 19.7 Å². The van der Waals surface area contributed by atoms with Crippen LogP contribution in [0.1, 0.15) is 0 Å². The molecule has 0 rings (SSSR count). The molecule has 8 heteroatoms. The molecule has 0 saturated carbocycles. The fraction of sp³-hybridized carbons (Fsp3) is 0.833. The van der Waals surface area contributed by atoms with E-state index in [2.05, 4.69) is 9.47 Å². The van der Waals surface area contributed by atoms with E-state index in [1.54, 1.807) is 0 Å². The predicted molar refractivity (Wildman–Crippen MR) is 50.3 cm³/mol. The van der Waals surface area contributed by atoms with E-state index >= 15 is 0 Å². The van der Waals surface area contributed by atoms with Crippen molar-refractivity contribution in [3.05, 3.63) is 0 Å². The van der Waals surface area contributed by atoms with Crippen LogP contribution in [0.25, 0.3) is 0 Å². The maximum absolute atomic E-state index is 10.8. The van der Waals surface area contributed by atoms with Crippen molar-refractivity contribution in [3.63, 3.8) is 0 Å². The normalized spacial score (nSPS) is 13.8. The van der Waals surface area contributed by atoms with E-state index in [1.807, 2.05) is 0 Å². The molecular formula is C6H9Cl3O5. The zero-order valence-corrected chi connectivity index (χ0v) is 9.22. The lowest BCUT2D eigenvalue weighted by Gasteiger charge is -2.12. The lowest BCUT2D eigenvalue weighted by molar-refractivity contribution is -0.152. The Morgan fingerprint density at radius 1 is 1.43 bits per heavy atom. The molecule has 0 heterocycles. The minimum atomic E-state index is -1.98. The largest absolute Gasteiger partial charge is 0.461 e. The van der Waals surface area contributed by atoms with E-state index in [9.17, 15) is 4.79 Å². The van der Waals surface area contributed by atoms with Crippen LogP contribution >= 0.6 is 34.8 Å². The summed E-state index contributed by atoms with van der Waals surface area (Å²) in [6, 6.07) is 0. The monoisotopic (exact) mass is 266 g/mol. The molecule has 0 aromatic carbocycles. The third-order valence-corrected chi connectivity index (χ3v) is 1.33. The summed E-state index contributed by atoms with van der Waals surface area (Å²) in [7, 11) is 0. The first-order chi connectivity index (χ1) is 6.35. The summed E-state index contributed by atoms with van der Waals surface area (Å²) in [5.41, 5.74) is 0. The number of hydrogen-bond acceptors (Lipinski definition) is 5. The van der Waals surface area contributed by atoms with Crippen molar-refractivity contribution in [1.82, 2.24) is 0 Å². The molecule has 0 amide bonds. The van der Waals surface area contributed by atoms with E-state index in [4.69, 9.17) is 45.0 Å². The second-order valence-electron chi connectivity index (χ2n) is 2.25. The third kappa shape index (κ3) is 8.80. The fourth-order valence-electron chi connectivity index (χ4n) is 0.424. The molecule has 0 aliphatic carbocycles. The predicted octanol–water partition coefficient (Wildman–Crippen LogP) is 0.227. The number of carbonyl (C=O) groups is 1. The average Bonchev–Trinajstić information content (AvgIpc) is 2.09. The molecule has 0 radical (unpaired) electrons. The van der Waals surface area contributed by atoms with Crippen LogP contribution in [0.4, 0.5) is 0 Å². The highest BCUT2D eigenvalue weighted by atomic mass is 35.6. The fourth-order valence-corrected chi connectivity index (χ4v) is 0.588.